The Hall–Kier alpha value is -3.63. The molecule has 1 aliphatic carbocycles. The maximum Gasteiger partial charge on any atom is 0.341 e. The highest BCUT2D eigenvalue weighted by atomic mass is 35.5. The van der Waals surface area contributed by atoms with Gasteiger partial charge in [0.15, 0.2) is 17.3 Å². The van der Waals surface area contributed by atoms with E-state index in [-0.39, 0.29) is 46.7 Å². The summed E-state index contributed by atoms with van der Waals surface area (Å²) in [6.07, 6.45) is 3.03. The summed E-state index contributed by atoms with van der Waals surface area (Å²) < 4.78 is 28.8. The quantitative estimate of drug-likeness (QED) is 0.489. The van der Waals surface area contributed by atoms with Gasteiger partial charge in [-0.15, -0.1) is 0 Å². The number of ketones is 1. The second kappa shape index (κ2) is 9.84. The summed E-state index contributed by atoms with van der Waals surface area (Å²) in [6.45, 7) is 2.93. The van der Waals surface area contributed by atoms with Gasteiger partial charge in [0.1, 0.15) is 17.0 Å². The first kappa shape index (κ1) is 25.6. The molecule has 11 heteroatoms. The minimum atomic E-state index is -1.34. The van der Waals surface area contributed by atoms with Crippen LogP contribution in [-0.2, 0) is 0 Å². The molecule has 3 heterocycles. The van der Waals surface area contributed by atoms with Crippen molar-refractivity contribution in [1.29, 1.82) is 0 Å². The number of carbonyl (C=O) groups excluding carboxylic acids is 1. The average Bonchev–Trinajstić information content (AvgIpc) is 3.76. The van der Waals surface area contributed by atoms with Crippen molar-refractivity contribution >= 4 is 39.9 Å². The summed E-state index contributed by atoms with van der Waals surface area (Å²) in [5.41, 5.74) is 0.0855. The van der Waals surface area contributed by atoms with Crippen LogP contribution in [0.4, 0.5) is 10.1 Å². The molecular formula is C28H27ClFN3O6. The molecule has 1 atom stereocenters. The van der Waals surface area contributed by atoms with Gasteiger partial charge in [0, 0.05) is 50.0 Å². The van der Waals surface area contributed by atoms with Crippen LogP contribution in [0.2, 0.25) is 5.02 Å². The molecule has 2 aliphatic heterocycles. The predicted octanol–water partition coefficient (Wildman–Crippen LogP) is 3.85. The number of methoxy groups -OCH3 is 1. The number of fused-ring (bicyclic) bond motifs is 2. The fraction of sp³-hybridized carbons (Fsp3) is 0.393. The smallest absolute Gasteiger partial charge is 0.341 e. The van der Waals surface area contributed by atoms with Gasteiger partial charge in [-0.05, 0) is 37.1 Å². The summed E-state index contributed by atoms with van der Waals surface area (Å²) in [6, 6.07) is 6.20. The Balaban J connectivity index is 1.25. The van der Waals surface area contributed by atoms with E-state index >= 15 is 4.39 Å². The Kier molecular flexibility index (Phi) is 6.47. The first-order valence-corrected chi connectivity index (χ1v) is 13.3. The molecule has 39 heavy (non-hydrogen) atoms. The minimum absolute atomic E-state index is 0.00378. The van der Waals surface area contributed by atoms with Crippen LogP contribution in [0.3, 0.4) is 0 Å². The standard InChI is InChI=1S/C28H27ClFN3O6/c1-38-27-23-19(26(35)20(28(36)37)13-33(23)17-3-4-17)11-21(30)24(27)32-8-6-31(7-9-32)12-15-14-39-22-10-16(29)2-5-18(22)25(15)34/h2,5,10-11,13,15,17H,3-4,6-9,12,14H2,1H3,(H,36,37). The van der Waals surface area contributed by atoms with Gasteiger partial charge in [-0.25, -0.2) is 9.18 Å². The van der Waals surface area contributed by atoms with E-state index in [1.165, 1.54) is 13.3 Å². The molecule has 3 aliphatic rings. The van der Waals surface area contributed by atoms with E-state index in [1.54, 1.807) is 22.8 Å². The van der Waals surface area contributed by atoms with Crippen molar-refractivity contribution in [3.8, 4) is 11.5 Å². The minimum Gasteiger partial charge on any atom is -0.492 e. The maximum absolute atomic E-state index is 15.6. The van der Waals surface area contributed by atoms with Crippen molar-refractivity contribution in [2.75, 3.05) is 51.3 Å². The summed E-state index contributed by atoms with van der Waals surface area (Å²) in [7, 11) is 1.43. The molecule has 1 aromatic heterocycles. The number of rotatable bonds is 6. The summed E-state index contributed by atoms with van der Waals surface area (Å²) in [4.78, 5) is 41.7. The molecule has 9 nitrogen and oxygen atoms in total. The third-order valence-electron chi connectivity index (χ3n) is 7.76. The van der Waals surface area contributed by atoms with Crippen molar-refractivity contribution in [3.05, 3.63) is 62.7 Å². The Morgan fingerprint density at radius 2 is 1.92 bits per heavy atom. The topological polar surface area (TPSA) is 101 Å². The highest BCUT2D eigenvalue weighted by Gasteiger charge is 2.34. The van der Waals surface area contributed by atoms with E-state index in [2.05, 4.69) is 4.90 Å². The molecule has 6 rings (SSSR count). The van der Waals surface area contributed by atoms with Crippen molar-refractivity contribution in [2.45, 2.75) is 18.9 Å². The van der Waals surface area contributed by atoms with Crippen LogP contribution in [-0.4, -0.2) is 72.8 Å². The number of carboxylic acid groups (broad SMARTS) is 1. The summed E-state index contributed by atoms with van der Waals surface area (Å²) in [5.74, 6) is -1.53. The largest absolute Gasteiger partial charge is 0.492 e. The molecule has 0 radical (unpaired) electrons. The van der Waals surface area contributed by atoms with E-state index in [0.29, 0.717) is 54.6 Å². The lowest BCUT2D eigenvalue weighted by Crippen LogP contribution is -2.50. The lowest BCUT2D eigenvalue weighted by atomic mass is 9.94. The van der Waals surface area contributed by atoms with Crippen molar-refractivity contribution < 1.29 is 28.6 Å². The van der Waals surface area contributed by atoms with Crippen LogP contribution in [0.1, 0.15) is 39.6 Å². The molecule has 1 saturated carbocycles. The fourth-order valence-corrected chi connectivity index (χ4v) is 5.79. The van der Waals surface area contributed by atoms with Gasteiger partial charge in [-0.2, -0.15) is 0 Å². The van der Waals surface area contributed by atoms with E-state index in [9.17, 15) is 19.5 Å². The number of ether oxygens (including phenoxy) is 2. The van der Waals surface area contributed by atoms with Gasteiger partial charge in [0.05, 0.1) is 36.1 Å². The lowest BCUT2D eigenvalue weighted by Gasteiger charge is -2.38. The van der Waals surface area contributed by atoms with E-state index in [4.69, 9.17) is 21.1 Å². The van der Waals surface area contributed by atoms with Gasteiger partial charge in [0.25, 0.3) is 0 Å². The fourth-order valence-electron chi connectivity index (χ4n) is 5.63. The summed E-state index contributed by atoms with van der Waals surface area (Å²) in [5, 5.41) is 10.1. The van der Waals surface area contributed by atoms with Crippen molar-refractivity contribution in [2.24, 2.45) is 5.92 Å². The second-order valence-corrected chi connectivity index (χ2v) is 10.7. The molecule has 0 bridgehead atoms. The van der Waals surface area contributed by atoms with Crippen LogP contribution in [0, 0.1) is 11.7 Å². The Bertz CT molecular complexity index is 1560. The SMILES string of the molecule is COc1c(N2CCN(CC3COc4cc(Cl)ccc4C3=O)CC2)c(F)cc2c(=O)c(C(=O)O)cn(C3CC3)c12. The number of hydrogen-bond acceptors (Lipinski definition) is 7. The molecule has 3 aromatic rings. The molecule has 2 fully saturated rings. The van der Waals surface area contributed by atoms with Gasteiger partial charge < -0.3 is 24.0 Å². The number of piperazine rings is 1. The first-order chi connectivity index (χ1) is 18.8. The number of benzene rings is 2. The van der Waals surface area contributed by atoms with Gasteiger partial charge in [-0.3, -0.25) is 14.5 Å². The highest BCUT2D eigenvalue weighted by molar-refractivity contribution is 6.31. The van der Waals surface area contributed by atoms with Gasteiger partial charge in [-0.1, -0.05) is 11.6 Å². The second-order valence-electron chi connectivity index (χ2n) is 10.3. The summed E-state index contributed by atoms with van der Waals surface area (Å²) >= 11 is 6.02. The Morgan fingerprint density at radius 1 is 1.18 bits per heavy atom. The molecule has 1 saturated heterocycles. The molecule has 1 unspecified atom stereocenters. The van der Waals surface area contributed by atoms with Gasteiger partial charge in [0.2, 0.25) is 5.43 Å². The lowest BCUT2D eigenvalue weighted by molar-refractivity contribution is 0.0693. The third kappa shape index (κ3) is 4.51. The number of nitrogens with zero attached hydrogens (tertiary/aromatic N) is 3. The average molecular weight is 556 g/mol. The molecule has 204 valence electrons. The third-order valence-corrected chi connectivity index (χ3v) is 8.00. The van der Waals surface area contributed by atoms with Gasteiger partial charge >= 0.3 is 5.97 Å². The Morgan fingerprint density at radius 3 is 2.59 bits per heavy atom. The highest BCUT2D eigenvalue weighted by Crippen LogP contribution is 2.44. The van der Waals surface area contributed by atoms with Crippen LogP contribution in [0.25, 0.3) is 10.9 Å². The number of aromatic carboxylic acids is 1. The van der Waals surface area contributed by atoms with Crippen LogP contribution in [0.15, 0.2) is 35.3 Å². The molecule has 0 amide bonds. The van der Waals surface area contributed by atoms with E-state index in [1.807, 2.05) is 4.90 Å². The number of carboxylic acids is 1. The number of pyridine rings is 1. The molecular weight excluding hydrogens is 529 g/mol. The number of hydrogen-bond donors (Lipinski definition) is 1. The predicted molar refractivity (Wildman–Crippen MR) is 143 cm³/mol. The number of anilines is 1. The zero-order valence-electron chi connectivity index (χ0n) is 21.3. The zero-order valence-corrected chi connectivity index (χ0v) is 22.0. The van der Waals surface area contributed by atoms with E-state index < -0.39 is 17.2 Å². The first-order valence-electron chi connectivity index (χ1n) is 12.9. The van der Waals surface area contributed by atoms with Crippen molar-refractivity contribution in [3.63, 3.8) is 0 Å². The van der Waals surface area contributed by atoms with Crippen molar-refractivity contribution in [1.82, 2.24) is 9.47 Å². The Labute approximate surface area is 228 Å². The zero-order chi connectivity index (χ0) is 27.4. The molecule has 2 aromatic carbocycles. The molecule has 1 N–H and O–H groups in total. The van der Waals surface area contributed by atoms with Crippen LogP contribution in [0.5, 0.6) is 11.5 Å². The number of carbonyl (C=O) groups is 2. The molecule has 0 spiro atoms. The number of halogens is 2. The van der Waals surface area contributed by atoms with E-state index in [0.717, 1.165) is 18.9 Å². The monoisotopic (exact) mass is 555 g/mol. The normalized spacial score (nSPS) is 19.6. The number of aromatic nitrogens is 1. The number of Topliss-reactive ketones (excluding diaryl/α,β-unsaturated/α-hetero) is 1. The van der Waals surface area contributed by atoms with Crippen LogP contribution >= 0.6 is 11.6 Å². The van der Waals surface area contributed by atoms with Crippen LogP contribution < -0.4 is 19.8 Å². The maximum atomic E-state index is 15.6.